The van der Waals surface area contributed by atoms with Gasteiger partial charge in [0.25, 0.3) is 11.8 Å². The molecule has 0 unspecified atom stereocenters. The van der Waals surface area contributed by atoms with Crippen LogP contribution in [0.15, 0.2) is 47.0 Å². The van der Waals surface area contributed by atoms with Gasteiger partial charge in [0, 0.05) is 11.1 Å². The second-order valence-electron chi connectivity index (χ2n) is 5.52. The van der Waals surface area contributed by atoms with Crippen LogP contribution in [0.2, 0.25) is 0 Å². The van der Waals surface area contributed by atoms with Crippen molar-refractivity contribution in [2.24, 2.45) is 0 Å². The third-order valence-corrected chi connectivity index (χ3v) is 3.71. The van der Waals surface area contributed by atoms with Crippen molar-refractivity contribution < 1.29 is 23.9 Å². The maximum atomic E-state index is 13.5. The number of nitriles is 1. The number of hydrogen-bond donors (Lipinski definition) is 3. The van der Waals surface area contributed by atoms with Gasteiger partial charge in [0.2, 0.25) is 5.82 Å². The monoisotopic (exact) mass is 368 g/mol. The standard InChI is InChI=1S/C18H13FN4O4/c19-13-7-12(5-6-15(13)25)16-22-18(27-23-16)14(9-24)21-17(26)11-3-1-10(8-20)2-4-11/h1-7,14,24-25H,9H2,(H,21,26)/t14-/m0/s1. The third-order valence-electron chi connectivity index (χ3n) is 3.71. The molecule has 0 aliphatic heterocycles. The van der Waals surface area contributed by atoms with Gasteiger partial charge in [0.1, 0.15) is 6.04 Å². The molecule has 1 heterocycles. The molecule has 1 amide bonds. The van der Waals surface area contributed by atoms with E-state index in [0.717, 1.165) is 12.1 Å². The van der Waals surface area contributed by atoms with E-state index in [4.69, 9.17) is 9.78 Å². The summed E-state index contributed by atoms with van der Waals surface area (Å²) in [7, 11) is 0. The molecule has 0 saturated heterocycles. The van der Waals surface area contributed by atoms with E-state index in [1.807, 2.05) is 6.07 Å². The smallest absolute Gasteiger partial charge is 0.251 e. The number of carbonyl (C=O) groups excluding carboxylic acids is 1. The molecule has 136 valence electrons. The van der Waals surface area contributed by atoms with Gasteiger partial charge < -0.3 is 20.1 Å². The first-order valence-electron chi connectivity index (χ1n) is 7.76. The van der Waals surface area contributed by atoms with Crippen molar-refractivity contribution in [3.05, 3.63) is 65.3 Å². The largest absolute Gasteiger partial charge is 0.505 e. The summed E-state index contributed by atoms with van der Waals surface area (Å²) in [5.41, 5.74) is 0.955. The lowest BCUT2D eigenvalue weighted by Crippen LogP contribution is -2.31. The molecule has 0 aliphatic rings. The number of aromatic nitrogens is 2. The van der Waals surface area contributed by atoms with E-state index in [9.17, 15) is 19.4 Å². The number of aliphatic hydroxyl groups excluding tert-OH is 1. The fourth-order valence-electron chi connectivity index (χ4n) is 2.26. The SMILES string of the molecule is N#Cc1ccc(C(=O)N[C@@H](CO)c2nc(-c3ccc(O)c(F)c3)no2)cc1. The quantitative estimate of drug-likeness (QED) is 0.626. The number of aromatic hydroxyl groups is 1. The van der Waals surface area contributed by atoms with Crippen molar-refractivity contribution in [2.75, 3.05) is 6.61 Å². The van der Waals surface area contributed by atoms with Crippen LogP contribution in [0.1, 0.15) is 27.9 Å². The highest BCUT2D eigenvalue weighted by Crippen LogP contribution is 2.24. The molecule has 3 N–H and O–H groups in total. The molecule has 1 aromatic heterocycles. The molecule has 8 nitrogen and oxygen atoms in total. The molecule has 27 heavy (non-hydrogen) atoms. The topological polar surface area (TPSA) is 132 Å². The Balaban J connectivity index is 1.77. The fraction of sp³-hybridized carbons (Fsp3) is 0.111. The average molecular weight is 368 g/mol. The summed E-state index contributed by atoms with van der Waals surface area (Å²) < 4.78 is 18.5. The number of nitrogens with zero attached hydrogens (tertiary/aromatic N) is 3. The molecule has 0 radical (unpaired) electrons. The number of carbonyl (C=O) groups is 1. The number of halogens is 1. The van der Waals surface area contributed by atoms with E-state index in [-0.39, 0.29) is 22.8 Å². The third kappa shape index (κ3) is 3.91. The first-order chi connectivity index (χ1) is 13.0. The summed E-state index contributed by atoms with van der Waals surface area (Å²) in [4.78, 5) is 16.3. The lowest BCUT2D eigenvalue weighted by Gasteiger charge is -2.12. The Morgan fingerprint density at radius 2 is 2.04 bits per heavy atom. The number of phenolic OH excluding ortho intramolecular Hbond substituents is 1. The van der Waals surface area contributed by atoms with Gasteiger partial charge in [-0.05, 0) is 42.5 Å². The van der Waals surface area contributed by atoms with Crippen LogP contribution in [-0.4, -0.2) is 32.9 Å². The van der Waals surface area contributed by atoms with Gasteiger partial charge >= 0.3 is 0 Å². The molecular formula is C18H13FN4O4. The van der Waals surface area contributed by atoms with Crippen LogP contribution in [0.4, 0.5) is 4.39 Å². The number of phenols is 1. The number of rotatable bonds is 5. The average Bonchev–Trinajstić information content (AvgIpc) is 3.18. The van der Waals surface area contributed by atoms with Gasteiger partial charge in [-0.2, -0.15) is 10.2 Å². The Bertz CT molecular complexity index is 1010. The van der Waals surface area contributed by atoms with Crippen LogP contribution in [0, 0.1) is 17.1 Å². The van der Waals surface area contributed by atoms with Gasteiger partial charge in [0.15, 0.2) is 11.6 Å². The molecule has 0 spiro atoms. The molecule has 3 aromatic rings. The van der Waals surface area contributed by atoms with Crippen LogP contribution >= 0.6 is 0 Å². The summed E-state index contributed by atoms with van der Waals surface area (Å²) in [6.07, 6.45) is 0. The predicted octanol–water partition coefficient (Wildman–Crippen LogP) is 1.92. The maximum Gasteiger partial charge on any atom is 0.251 e. The van der Waals surface area contributed by atoms with Crippen LogP contribution in [-0.2, 0) is 0 Å². The van der Waals surface area contributed by atoms with Gasteiger partial charge in [-0.25, -0.2) is 4.39 Å². The van der Waals surface area contributed by atoms with Gasteiger partial charge in [-0.1, -0.05) is 5.16 Å². The zero-order valence-corrected chi connectivity index (χ0v) is 13.8. The summed E-state index contributed by atoms with van der Waals surface area (Å²) in [6, 6.07) is 10.5. The molecule has 9 heteroatoms. The van der Waals surface area contributed by atoms with Crippen LogP contribution in [0.3, 0.4) is 0 Å². The van der Waals surface area contributed by atoms with E-state index < -0.39 is 30.1 Å². The van der Waals surface area contributed by atoms with Gasteiger partial charge in [0.05, 0.1) is 18.2 Å². The Morgan fingerprint density at radius 3 is 2.67 bits per heavy atom. The van der Waals surface area contributed by atoms with Crippen LogP contribution in [0.5, 0.6) is 5.75 Å². The first kappa shape index (κ1) is 18.0. The predicted molar refractivity (Wildman–Crippen MR) is 89.8 cm³/mol. The van der Waals surface area contributed by atoms with Crippen molar-refractivity contribution in [1.82, 2.24) is 15.5 Å². The maximum absolute atomic E-state index is 13.5. The minimum absolute atomic E-state index is 0.0370. The number of nitrogens with one attached hydrogen (secondary N) is 1. The number of amides is 1. The Hall–Kier alpha value is -3.77. The number of hydrogen-bond acceptors (Lipinski definition) is 7. The Kier molecular flexibility index (Phi) is 5.10. The molecule has 2 aromatic carbocycles. The molecule has 0 saturated carbocycles. The zero-order chi connectivity index (χ0) is 19.4. The summed E-state index contributed by atoms with van der Waals surface area (Å²) >= 11 is 0. The zero-order valence-electron chi connectivity index (χ0n) is 13.8. The molecular weight excluding hydrogens is 355 g/mol. The van der Waals surface area contributed by atoms with Crippen molar-refractivity contribution in [3.63, 3.8) is 0 Å². The van der Waals surface area contributed by atoms with Crippen molar-refractivity contribution in [3.8, 4) is 23.2 Å². The first-order valence-corrected chi connectivity index (χ1v) is 7.76. The summed E-state index contributed by atoms with van der Waals surface area (Å²) in [6.45, 7) is -0.506. The van der Waals surface area contributed by atoms with E-state index in [0.29, 0.717) is 5.56 Å². The number of aliphatic hydroxyl groups is 1. The molecule has 0 aliphatic carbocycles. The van der Waals surface area contributed by atoms with Gasteiger partial charge in [-0.15, -0.1) is 0 Å². The van der Waals surface area contributed by atoms with Gasteiger partial charge in [-0.3, -0.25) is 4.79 Å². The van der Waals surface area contributed by atoms with Crippen LogP contribution < -0.4 is 5.32 Å². The van der Waals surface area contributed by atoms with E-state index >= 15 is 0 Å². The second kappa shape index (κ2) is 7.63. The van der Waals surface area contributed by atoms with E-state index in [1.165, 1.54) is 30.3 Å². The molecule has 0 bridgehead atoms. The van der Waals surface area contributed by atoms with Crippen LogP contribution in [0.25, 0.3) is 11.4 Å². The highest BCUT2D eigenvalue weighted by molar-refractivity contribution is 5.94. The van der Waals surface area contributed by atoms with E-state index in [1.54, 1.807) is 0 Å². The van der Waals surface area contributed by atoms with E-state index in [2.05, 4.69) is 15.5 Å². The minimum Gasteiger partial charge on any atom is -0.505 e. The lowest BCUT2D eigenvalue weighted by molar-refractivity contribution is 0.0901. The highest BCUT2D eigenvalue weighted by atomic mass is 19.1. The highest BCUT2D eigenvalue weighted by Gasteiger charge is 2.22. The molecule has 3 rings (SSSR count). The minimum atomic E-state index is -0.976. The molecule has 0 fully saturated rings. The second-order valence-corrected chi connectivity index (χ2v) is 5.52. The summed E-state index contributed by atoms with van der Waals surface area (Å²) in [5.74, 6) is -1.89. The van der Waals surface area contributed by atoms with Crippen molar-refractivity contribution in [2.45, 2.75) is 6.04 Å². The normalized spacial score (nSPS) is 11.6. The Morgan fingerprint density at radius 1 is 1.30 bits per heavy atom. The van der Waals surface area contributed by atoms with Crippen molar-refractivity contribution >= 4 is 5.91 Å². The summed E-state index contributed by atoms with van der Waals surface area (Å²) in [5, 5.41) is 33.8. The number of benzene rings is 2. The lowest BCUT2D eigenvalue weighted by atomic mass is 10.1. The molecule has 1 atom stereocenters. The Labute approximate surface area is 152 Å². The van der Waals surface area contributed by atoms with Crippen molar-refractivity contribution in [1.29, 1.82) is 5.26 Å². The fourth-order valence-corrected chi connectivity index (χ4v) is 2.26.